The average Bonchev–Trinajstić information content (AvgIpc) is 2.83. The summed E-state index contributed by atoms with van der Waals surface area (Å²) in [4.78, 5) is 11.8. The Morgan fingerprint density at radius 3 is 2.86 bits per heavy atom. The molecule has 0 saturated heterocycles. The van der Waals surface area contributed by atoms with E-state index in [1.54, 1.807) is 0 Å². The molecule has 4 aliphatic carbocycles. The van der Waals surface area contributed by atoms with E-state index in [-0.39, 0.29) is 0 Å². The van der Waals surface area contributed by atoms with E-state index >= 15 is 0 Å². The third-order valence-electron chi connectivity index (χ3n) is 7.84. The van der Waals surface area contributed by atoms with Crippen molar-refractivity contribution >= 4 is 5.78 Å². The molecule has 118 valence electrons. The first-order chi connectivity index (χ1) is 10.5. The predicted octanol–water partition coefficient (Wildman–Crippen LogP) is 4.62. The molecule has 1 heteroatoms. The van der Waals surface area contributed by atoms with Crippen molar-refractivity contribution in [1.82, 2.24) is 0 Å². The first-order valence-corrected chi connectivity index (χ1v) is 9.24. The van der Waals surface area contributed by atoms with Crippen molar-refractivity contribution in [1.29, 1.82) is 0 Å². The second-order valence-electron chi connectivity index (χ2n) is 8.70. The summed E-state index contributed by atoms with van der Waals surface area (Å²) in [6.45, 7) is 4.91. The topological polar surface area (TPSA) is 17.1 Å². The fraction of sp³-hybridized carbons (Fsp3) is 0.762. The molecular weight excluding hydrogens is 268 g/mol. The highest BCUT2D eigenvalue weighted by atomic mass is 16.1. The minimum atomic E-state index is 0.366. The highest BCUT2D eigenvalue weighted by Gasteiger charge is 2.57. The van der Waals surface area contributed by atoms with Gasteiger partial charge in [-0.2, -0.15) is 0 Å². The van der Waals surface area contributed by atoms with Crippen LogP contribution < -0.4 is 0 Å². The van der Waals surface area contributed by atoms with Crippen molar-refractivity contribution in [3.63, 3.8) is 0 Å². The van der Waals surface area contributed by atoms with Gasteiger partial charge in [0.1, 0.15) is 0 Å². The van der Waals surface area contributed by atoms with E-state index < -0.39 is 0 Å². The maximum Gasteiger partial charge on any atom is 0.155 e. The Balaban J connectivity index is 1.68. The van der Waals surface area contributed by atoms with Gasteiger partial charge in [-0.25, -0.2) is 0 Å². The Labute approximate surface area is 134 Å². The van der Waals surface area contributed by atoms with Gasteiger partial charge in [-0.15, -0.1) is 12.3 Å². The van der Waals surface area contributed by atoms with E-state index in [4.69, 9.17) is 6.42 Å². The molecule has 0 amide bonds. The van der Waals surface area contributed by atoms with Gasteiger partial charge in [0, 0.05) is 12.3 Å². The quantitative estimate of drug-likeness (QED) is 0.596. The molecule has 0 radical (unpaired) electrons. The standard InChI is InChI=1S/C21H28O/c1-4-15-5-8-19-20-13(2)11-14-12-16(22)6-7-17(14)18(20)9-10-21(15,19)3/h1,12-13,15,17-20H,5-11H2,2-3H3/t13?,15?,17?,18-,19+,20-,21-/m1/s1. The highest BCUT2D eigenvalue weighted by Crippen LogP contribution is 2.64. The number of carbonyl (C=O) groups is 1. The summed E-state index contributed by atoms with van der Waals surface area (Å²) in [6.07, 6.45) is 16.1. The summed E-state index contributed by atoms with van der Waals surface area (Å²) in [5, 5.41) is 0. The third kappa shape index (κ3) is 1.89. The van der Waals surface area contributed by atoms with Crippen LogP contribution in [0.5, 0.6) is 0 Å². The van der Waals surface area contributed by atoms with Crippen molar-refractivity contribution in [3.8, 4) is 12.3 Å². The molecule has 7 atom stereocenters. The second kappa shape index (κ2) is 4.98. The molecular formula is C21H28O. The number of carbonyl (C=O) groups excluding carboxylic acids is 1. The highest BCUT2D eigenvalue weighted by molar-refractivity contribution is 5.91. The fourth-order valence-electron chi connectivity index (χ4n) is 6.86. The third-order valence-corrected chi connectivity index (χ3v) is 7.84. The number of fused-ring (bicyclic) bond motifs is 5. The van der Waals surface area contributed by atoms with Crippen LogP contribution in [-0.4, -0.2) is 5.78 Å². The minimum absolute atomic E-state index is 0.366. The smallest absolute Gasteiger partial charge is 0.155 e. The van der Waals surface area contributed by atoms with E-state index in [0.717, 1.165) is 42.9 Å². The molecule has 4 aliphatic rings. The Morgan fingerprint density at radius 1 is 1.27 bits per heavy atom. The molecule has 0 aromatic carbocycles. The van der Waals surface area contributed by atoms with Crippen LogP contribution in [0.25, 0.3) is 0 Å². The van der Waals surface area contributed by atoms with E-state index in [1.807, 2.05) is 6.08 Å². The van der Waals surface area contributed by atoms with Crippen molar-refractivity contribution < 1.29 is 4.79 Å². The molecule has 0 N–H and O–H groups in total. The van der Waals surface area contributed by atoms with Crippen molar-refractivity contribution in [2.24, 2.45) is 40.9 Å². The number of terminal acetylenes is 1. The van der Waals surface area contributed by atoms with Gasteiger partial charge >= 0.3 is 0 Å². The molecule has 3 fully saturated rings. The first kappa shape index (κ1) is 14.6. The van der Waals surface area contributed by atoms with Crippen molar-refractivity contribution in [3.05, 3.63) is 11.6 Å². The molecule has 3 unspecified atom stereocenters. The minimum Gasteiger partial charge on any atom is -0.295 e. The molecule has 0 aromatic heterocycles. The van der Waals surface area contributed by atoms with Crippen LogP contribution in [0.3, 0.4) is 0 Å². The maximum absolute atomic E-state index is 11.8. The summed E-state index contributed by atoms with van der Waals surface area (Å²) in [5.74, 6) is 7.88. The van der Waals surface area contributed by atoms with Gasteiger partial charge in [-0.05, 0) is 79.6 Å². The van der Waals surface area contributed by atoms with Crippen molar-refractivity contribution in [2.45, 2.75) is 58.8 Å². The number of hydrogen-bond donors (Lipinski definition) is 0. The Morgan fingerprint density at radius 2 is 2.09 bits per heavy atom. The number of allylic oxidation sites excluding steroid dienone is 1. The zero-order valence-corrected chi connectivity index (χ0v) is 14.0. The lowest BCUT2D eigenvalue weighted by molar-refractivity contribution is -0.116. The molecule has 3 saturated carbocycles. The zero-order chi connectivity index (χ0) is 15.5. The van der Waals surface area contributed by atoms with E-state index in [9.17, 15) is 4.79 Å². The molecule has 0 bridgehead atoms. The molecule has 0 aromatic rings. The zero-order valence-electron chi connectivity index (χ0n) is 14.0. The number of hydrogen-bond acceptors (Lipinski definition) is 1. The Kier molecular flexibility index (Phi) is 3.30. The van der Waals surface area contributed by atoms with Crippen molar-refractivity contribution in [2.75, 3.05) is 0 Å². The summed E-state index contributed by atoms with van der Waals surface area (Å²) in [6, 6.07) is 0. The van der Waals surface area contributed by atoms with E-state index in [0.29, 0.717) is 23.0 Å². The lowest BCUT2D eigenvalue weighted by atomic mass is 9.49. The van der Waals surface area contributed by atoms with Gasteiger partial charge in [-0.1, -0.05) is 19.4 Å². The lowest BCUT2D eigenvalue weighted by Gasteiger charge is -2.55. The van der Waals surface area contributed by atoms with Crippen LogP contribution in [0.4, 0.5) is 0 Å². The summed E-state index contributed by atoms with van der Waals surface area (Å²) in [5.41, 5.74) is 1.87. The van der Waals surface area contributed by atoms with E-state index in [1.165, 1.54) is 31.3 Å². The second-order valence-corrected chi connectivity index (χ2v) is 8.70. The normalized spacial score (nSPS) is 50.4. The molecule has 22 heavy (non-hydrogen) atoms. The number of ketones is 1. The largest absolute Gasteiger partial charge is 0.295 e. The van der Waals surface area contributed by atoms with Crippen LogP contribution in [0.15, 0.2) is 11.6 Å². The van der Waals surface area contributed by atoms with Gasteiger partial charge in [0.2, 0.25) is 0 Å². The molecule has 0 aliphatic heterocycles. The predicted molar refractivity (Wildman–Crippen MR) is 89.0 cm³/mol. The Hall–Kier alpha value is -1.03. The molecule has 0 heterocycles. The van der Waals surface area contributed by atoms with Gasteiger partial charge in [0.25, 0.3) is 0 Å². The van der Waals surface area contributed by atoms with Gasteiger partial charge in [0.05, 0.1) is 0 Å². The van der Waals surface area contributed by atoms with Gasteiger partial charge in [-0.3, -0.25) is 4.79 Å². The SMILES string of the molecule is C#CC1CC[C@H]2[C@@H]3C(C)CC4=CC(=O)CCC4[C@H]3CC[C@]12C. The van der Waals surface area contributed by atoms with Crippen LogP contribution in [0.2, 0.25) is 0 Å². The van der Waals surface area contributed by atoms with Crippen LogP contribution in [0.1, 0.15) is 58.8 Å². The van der Waals surface area contributed by atoms with Crippen LogP contribution in [0, 0.1) is 53.3 Å². The molecule has 1 nitrogen and oxygen atoms in total. The lowest BCUT2D eigenvalue weighted by Crippen LogP contribution is -2.49. The average molecular weight is 296 g/mol. The molecule has 4 rings (SSSR count). The summed E-state index contributed by atoms with van der Waals surface area (Å²) < 4.78 is 0. The maximum atomic E-state index is 11.8. The number of rotatable bonds is 0. The van der Waals surface area contributed by atoms with Crippen LogP contribution in [-0.2, 0) is 4.79 Å². The monoisotopic (exact) mass is 296 g/mol. The molecule has 0 spiro atoms. The first-order valence-electron chi connectivity index (χ1n) is 9.24. The van der Waals surface area contributed by atoms with Gasteiger partial charge < -0.3 is 0 Å². The van der Waals surface area contributed by atoms with Crippen LogP contribution >= 0.6 is 0 Å². The summed E-state index contributed by atoms with van der Waals surface area (Å²) >= 11 is 0. The Bertz CT molecular complexity index is 565. The van der Waals surface area contributed by atoms with E-state index in [2.05, 4.69) is 19.8 Å². The van der Waals surface area contributed by atoms with Gasteiger partial charge in [0.15, 0.2) is 5.78 Å². The fourth-order valence-corrected chi connectivity index (χ4v) is 6.86. The summed E-state index contributed by atoms with van der Waals surface area (Å²) in [7, 11) is 0.